The Balaban J connectivity index is 0.000000901. The molecule has 0 N–H and O–H groups in total. The molecular formula is C39H58FFeO2PSi2-. The summed E-state index contributed by atoms with van der Waals surface area (Å²) in [7, 11) is -3.93. The molecule has 1 atom stereocenters. The topological polar surface area (TPSA) is 34.1 Å². The van der Waals surface area contributed by atoms with E-state index in [1.807, 2.05) is 12.2 Å². The first kappa shape index (κ1) is 42.4. The van der Waals surface area contributed by atoms with Crippen LogP contribution in [0.4, 0.5) is 4.11 Å². The quantitative estimate of drug-likeness (QED) is 0.106. The maximum Gasteiger partial charge on any atom is -0.109 e. The van der Waals surface area contributed by atoms with Crippen LogP contribution in [0.15, 0.2) is 42.5 Å². The van der Waals surface area contributed by atoms with Crippen molar-refractivity contribution in [2.45, 2.75) is 138 Å². The van der Waals surface area contributed by atoms with Gasteiger partial charge in [0.2, 0.25) is 0 Å². The molecule has 0 heterocycles. The zero-order valence-corrected chi connectivity index (χ0v) is 34.9. The van der Waals surface area contributed by atoms with E-state index < -0.39 is 16.5 Å². The van der Waals surface area contributed by atoms with Crippen LogP contribution in [-0.2, 0) is 23.7 Å². The average Bonchev–Trinajstić information content (AvgIpc) is 3.56. The van der Waals surface area contributed by atoms with Crippen molar-refractivity contribution in [2.24, 2.45) is 0 Å². The van der Waals surface area contributed by atoms with E-state index in [0.29, 0.717) is 43.2 Å². The molecule has 7 heteroatoms. The van der Waals surface area contributed by atoms with Crippen LogP contribution in [0.1, 0.15) is 158 Å². The van der Waals surface area contributed by atoms with E-state index in [9.17, 15) is 0 Å². The van der Waals surface area contributed by atoms with Gasteiger partial charge >= 0.3 is 41.3 Å². The van der Waals surface area contributed by atoms with Gasteiger partial charge in [0.1, 0.15) is 0 Å². The number of allylic oxidation sites excluding steroid dienone is 4. The van der Waals surface area contributed by atoms with Crippen LogP contribution in [0, 0.1) is 6.08 Å². The Kier molecular flexibility index (Phi) is 18.5. The molecule has 0 aliphatic heterocycles. The van der Waals surface area contributed by atoms with Gasteiger partial charge in [-0.05, 0) is 79.3 Å². The summed E-state index contributed by atoms with van der Waals surface area (Å²) in [5, 5.41) is 2.25. The monoisotopic (exact) mass is 720 g/mol. The third-order valence-electron chi connectivity index (χ3n) is 8.03. The molecule has 2 aromatic carbocycles. The van der Waals surface area contributed by atoms with Gasteiger partial charge in [0.05, 0.1) is 8.46 Å². The van der Waals surface area contributed by atoms with E-state index in [-0.39, 0.29) is 14.1 Å². The first-order chi connectivity index (χ1) is 21.4. The maximum atomic E-state index is 18.8. The average molecular weight is 721 g/mol. The molecule has 0 amide bonds. The number of hydrogen-bond acceptors (Lipinski definition) is 2. The zero-order valence-electron chi connectivity index (χ0n) is 30.8. The Morgan fingerprint density at radius 3 is 1.20 bits per heavy atom. The molecule has 0 spiro atoms. The second-order valence-electron chi connectivity index (χ2n) is 14.1. The van der Waals surface area contributed by atoms with E-state index in [4.69, 9.17) is 9.59 Å². The molecule has 2 nitrogen and oxygen atoms in total. The fourth-order valence-electron chi connectivity index (χ4n) is 5.66. The van der Waals surface area contributed by atoms with E-state index in [1.54, 1.807) is 0 Å². The minimum absolute atomic E-state index is 0.222. The Morgan fingerprint density at radius 2 is 1.04 bits per heavy atom. The molecule has 1 radical (unpaired) electrons. The number of carbonyl (C=O) groups excluding carboxylic acids is 2. The summed E-state index contributed by atoms with van der Waals surface area (Å²) in [6, 6.07) is 9.47. The van der Waals surface area contributed by atoms with Crippen molar-refractivity contribution in [3.63, 3.8) is 0 Å². The predicted octanol–water partition coefficient (Wildman–Crippen LogP) is 10.4. The van der Waals surface area contributed by atoms with Crippen molar-refractivity contribution in [3.8, 4) is 0 Å². The summed E-state index contributed by atoms with van der Waals surface area (Å²) in [6.07, 6.45) is 10.0. The Bertz CT molecular complexity index is 1300. The van der Waals surface area contributed by atoms with Crippen LogP contribution >= 0.6 is 7.68 Å². The normalized spacial score (nSPS) is 12.9. The number of rotatable bonds is 10. The van der Waals surface area contributed by atoms with Crippen molar-refractivity contribution in [3.05, 3.63) is 82.0 Å². The van der Waals surface area contributed by atoms with Gasteiger partial charge in [0, 0.05) is 0 Å². The molecule has 1 aliphatic rings. The van der Waals surface area contributed by atoms with Crippen molar-refractivity contribution < 1.29 is 27.8 Å². The summed E-state index contributed by atoms with van der Waals surface area (Å²) in [5.74, 6) is 2.07. The summed E-state index contributed by atoms with van der Waals surface area (Å²) < 4.78 is 18.8. The van der Waals surface area contributed by atoms with Crippen molar-refractivity contribution in [2.75, 3.05) is 0 Å². The van der Waals surface area contributed by atoms with Gasteiger partial charge in [0.15, 0.2) is 0 Å². The van der Waals surface area contributed by atoms with Crippen molar-refractivity contribution in [1.29, 1.82) is 0 Å². The molecule has 0 saturated heterocycles. The van der Waals surface area contributed by atoms with Crippen LogP contribution in [0.2, 0.25) is 13.1 Å². The minimum atomic E-state index is -3.54. The smallest absolute Gasteiger partial charge is 0.109 e. The van der Waals surface area contributed by atoms with Crippen LogP contribution < -0.4 is 10.4 Å². The molecule has 0 fully saturated rings. The van der Waals surface area contributed by atoms with Crippen molar-refractivity contribution in [1.82, 2.24) is 0 Å². The molecule has 2 aromatic rings. The molecule has 1 aliphatic carbocycles. The second-order valence-corrected chi connectivity index (χ2v) is 27.5. The van der Waals surface area contributed by atoms with Gasteiger partial charge in [-0.3, -0.25) is 10.2 Å². The Hall–Kier alpha value is -1.61. The number of halogens is 1. The summed E-state index contributed by atoms with van der Waals surface area (Å²) in [6.45, 7) is 31.8. The minimum Gasteiger partial charge on any atom is -0.273 e. The standard InChI is InChI=1S/C32H53FPSi2.C5H5.2CO.Fe/c1-19(2)25-15-27(21(5)6)31(28(16-25)22(7)8)36(33,34-35(13)14)32-29(23(9)10)17-26(20(3)4)18-30(32)24(11)12;1-2-4-5-3-1;2*1-2;/h15-24,34H,1-14H3;1-3H,4H2;;;/q;-1;;;. The van der Waals surface area contributed by atoms with E-state index in [1.165, 1.54) is 43.0 Å². The van der Waals surface area contributed by atoms with E-state index in [2.05, 4.69) is 133 Å². The van der Waals surface area contributed by atoms with E-state index >= 15 is 4.11 Å². The van der Waals surface area contributed by atoms with Gasteiger partial charge in [-0.15, -0.1) is 14.1 Å². The largest absolute Gasteiger partial charge is 0.273 e. The van der Waals surface area contributed by atoms with Crippen LogP contribution in [-0.4, -0.2) is 26.1 Å². The fourth-order valence-corrected chi connectivity index (χ4v) is 22.9. The van der Waals surface area contributed by atoms with Gasteiger partial charge < -0.3 is 0 Å². The number of hydrogen-bond donors (Lipinski definition) is 0. The molecule has 0 saturated carbocycles. The Labute approximate surface area is 290 Å². The van der Waals surface area contributed by atoms with Crippen LogP contribution in [0.5, 0.6) is 0 Å². The van der Waals surface area contributed by atoms with Crippen LogP contribution in [0.3, 0.4) is 0 Å². The summed E-state index contributed by atoms with van der Waals surface area (Å²) in [4.78, 5) is 20.7. The third-order valence-corrected chi connectivity index (χ3v) is 23.3. The van der Waals surface area contributed by atoms with Crippen molar-refractivity contribution >= 4 is 44.2 Å². The molecule has 0 bridgehead atoms. The van der Waals surface area contributed by atoms with Gasteiger partial charge in [-0.1, -0.05) is 120 Å². The zero-order chi connectivity index (χ0) is 35.4. The molecule has 0 aromatic heterocycles. The second kappa shape index (κ2) is 20.0. The molecule has 46 heavy (non-hydrogen) atoms. The summed E-state index contributed by atoms with van der Waals surface area (Å²) >= 11 is -0.222. The maximum absolute atomic E-state index is 18.8. The van der Waals surface area contributed by atoms with E-state index in [0.717, 1.165) is 16.8 Å². The van der Waals surface area contributed by atoms with Gasteiger partial charge in [-0.2, -0.15) is 6.08 Å². The molecule has 1 unspecified atom stereocenters. The first-order valence-corrected chi connectivity index (χ1v) is 25.1. The first-order valence-electron chi connectivity index (χ1n) is 16.6. The summed E-state index contributed by atoms with van der Waals surface area (Å²) in [5.41, 5.74) is 7.79. The molecule has 255 valence electrons. The third kappa shape index (κ3) is 11.8. The molecular weight excluding hydrogens is 662 g/mol. The van der Waals surface area contributed by atoms with Crippen LogP contribution in [0.25, 0.3) is 0 Å². The fraction of sp³-hybridized carbons (Fsp3) is 0.538. The van der Waals surface area contributed by atoms with Gasteiger partial charge in [0.25, 0.3) is 0 Å². The van der Waals surface area contributed by atoms with Gasteiger partial charge in [-0.25, -0.2) is 12.2 Å². The Morgan fingerprint density at radius 1 is 0.696 bits per heavy atom. The SMILES string of the molecule is CC(C)c1cc(C(C)C)c([Si](F)(P[Si](C)C)c2c(C(C)C)cc(C(C)C)cc2C(C)C)c(C(C)C)c1.O=[C]=[Fe]=[C]=O.[C-]1=CC=CC1. The molecule has 3 rings (SSSR count). The number of benzene rings is 2. The predicted molar refractivity (Wildman–Crippen MR) is 202 cm³/mol.